The minimum atomic E-state index is 0.687. The summed E-state index contributed by atoms with van der Waals surface area (Å²) in [6.45, 7) is 3.59. The number of hydrogen-bond acceptors (Lipinski definition) is 3. The molecule has 0 radical (unpaired) electrons. The minimum Gasteiger partial charge on any atom is -0.492 e. The van der Waals surface area contributed by atoms with Gasteiger partial charge in [0, 0.05) is 31.1 Å². The largest absolute Gasteiger partial charge is 0.492 e. The topological polar surface area (TPSA) is 39.1 Å². The number of fused-ring (bicyclic) bond motifs is 1. The molecule has 2 aromatic rings. The first-order valence-corrected chi connectivity index (χ1v) is 7.88. The minimum absolute atomic E-state index is 0.687. The van der Waals surface area contributed by atoms with Crippen LogP contribution in [0.3, 0.4) is 0 Å². The molecule has 0 unspecified atom stereocenters. The first-order valence-electron chi connectivity index (χ1n) is 7.88. The lowest BCUT2D eigenvalue weighted by Gasteiger charge is -2.16. The Hall–Kier alpha value is -1.81. The third kappa shape index (κ3) is 2.68. The van der Waals surface area contributed by atoms with Crippen molar-refractivity contribution in [1.82, 2.24) is 14.9 Å². The van der Waals surface area contributed by atoms with E-state index in [9.17, 15) is 0 Å². The molecule has 4 heteroatoms. The van der Waals surface area contributed by atoms with Crippen LogP contribution >= 0.6 is 0 Å². The van der Waals surface area contributed by atoms with Crippen molar-refractivity contribution in [2.45, 2.75) is 38.3 Å². The van der Waals surface area contributed by atoms with Gasteiger partial charge in [0.05, 0.1) is 12.2 Å². The van der Waals surface area contributed by atoms with Gasteiger partial charge < -0.3 is 14.6 Å². The number of ether oxygens (including phenoxy) is 1. The zero-order chi connectivity index (χ0) is 14.1. The van der Waals surface area contributed by atoms with Crippen LogP contribution < -0.4 is 10.1 Å². The maximum Gasteiger partial charge on any atom is 0.119 e. The lowest BCUT2D eigenvalue weighted by molar-refractivity contribution is 0.294. The van der Waals surface area contributed by atoms with Gasteiger partial charge in [0.25, 0.3) is 0 Å². The van der Waals surface area contributed by atoms with Crippen LogP contribution in [-0.4, -0.2) is 22.7 Å². The van der Waals surface area contributed by atoms with Gasteiger partial charge in [0.2, 0.25) is 0 Å². The molecule has 4 rings (SSSR count). The number of hydrogen-bond donors (Lipinski definition) is 1. The van der Waals surface area contributed by atoms with Crippen molar-refractivity contribution >= 4 is 0 Å². The Labute approximate surface area is 125 Å². The lowest BCUT2D eigenvalue weighted by atomic mass is 10.2. The highest BCUT2D eigenvalue weighted by molar-refractivity contribution is 5.24. The molecule has 0 amide bonds. The molecule has 0 saturated heterocycles. The summed E-state index contributed by atoms with van der Waals surface area (Å²) < 4.78 is 8.29. The molecule has 1 aromatic heterocycles. The van der Waals surface area contributed by atoms with Gasteiger partial charge in [-0.2, -0.15) is 0 Å². The van der Waals surface area contributed by atoms with Gasteiger partial charge in [-0.05, 0) is 25.0 Å². The fourth-order valence-electron chi connectivity index (χ4n) is 3.07. The summed E-state index contributed by atoms with van der Waals surface area (Å²) in [4.78, 5) is 4.88. The molecule has 4 nitrogen and oxygen atoms in total. The van der Waals surface area contributed by atoms with Gasteiger partial charge in [-0.1, -0.05) is 18.2 Å². The van der Waals surface area contributed by atoms with E-state index < -0.39 is 0 Å². The molecule has 1 fully saturated rings. The van der Waals surface area contributed by atoms with E-state index in [1.165, 1.54) is 30.1 Å². The highest BCUT2D eigenvalue weighted by atomic mass is 16.5. The van der Waals surface area contributed by atoms with Gasteiger partial charge in [-0.25, -0.2) is 4.98 Å². The second-order valence-electron chi connectivity index (χ2n) is 5.88. The average Bonchev–Trinajstić information content (AvgIpc) is 3.31. The van der Waals surface area contributed by atoms with Crippen LogP contribution in [0.5, 0.6) is 5.75 Å². The van der Waals surface area contributed by atoms with Gasteiger partial charge >= 0.3 is 0 Å². The van der Waals surface area contributed by atoms with E-state index in [2.05, 4.69) is 9.88 Å². The molecule has 0 bridgehead atoms. The van der Waals surface area contributed by atoms with E-state index in [4.69, 9.17) is 9.72 Å². The number of rotatable bonds is 5. The number of imidazole rings is 1. The van der Waals surface area contributed by atoms with Crippen LogP contribution in [0.4, 0.5) is 0 Å². The Bertz CT molecular complexity index is 616. The Morgan fingerprint density at radius 2 is 2.10 bits per heavy atom. The number of nitrogens with one attached hydrogen (secondary N) is 1. The molecule has 110 valence electrons. The normalized spacial score (nSPS) is 17.5. The van der Waals surface area contributed by atoms with Crippen LogP contribution in [0.2, 0.25) is 0 Å². The smallest absolute Gasteiger partial charge is 0.119 e. The standard InChI is InChI=1S/C17H21N3O/c1-2-4-14(5-3-1)21-11-10-20-16-8-9-18-12-15(16)19-17(20)13-6-7-13/h1-5,13,18H,6-12H2. The van der Waals surface area contributed by atoms with Gasteiger partial charge in [0.15, 0.2) is 0 Å². The van der Waals surface area contributed by atoms with Crippen LogP contribution in [0, 0.1) is 0 Å². The summed E-state index contributed by atoms with van der Waals surface area (Å²) in [7, 11) is 0. The third-order valence-corrected chi connectivity index (χ3v) is 4.29. The first-order chi connectivity index (χ1) is 10.4. The van der Waals surface area contributed by atoms with Crippen molar-refractivity contribution in [1.29, 1.82) is 0 Å². The van der Waals surface area contributed by atoms with Crippen molar-refractivity contribution in [2.75, 3.05) is 13.2 Å². The predicted molar refractivity (Wildman–Crippen MR) is 81.5 cm³/mol. The monoisotopic (exact) mass is 283 g/mol. The van der Waals surface area contributed by atoms with Crippen molar-refractivity contribution in [3.63, 3.8) is 0 Å². The van der Waals surface area contributed by atoms with Crippen molar-refractivity contribution in [3.8, 4) is 5.75 Å². The molecular weight excluding hydrogens is 262 g/mol. The molecule has 1 saturated carbocycles. The second-order valence-corrected chi connectivity index (χ2v) is 5.88. The van der Waals surface area contributed by atoms with E-state index in [0.717, 1.165) is 31.8 Å². The summed E-state index contributed by atoms with van der Waals surface area (Å²) in [5.74, 6) is 2.92. The van der Waals surface area contributed by atoms with Crippen LogP contribution in [0.25, 0.3) is 0 Å². The Morgan fingerprint density at radius 3 is 2.90 bits per heavy atom. The molecule has 1 aliphatic carbocycles. The summed E-state index contributed by atoms with van der Waals surface area (Å²) in [5.41, 5.74) is 2.68. The Morgan fingerprint density at radius 1 is 1.24 bits per heavy atom. The van der Waals surface area contributed by atoms with E-state index in [1.807, 2.05) is 30.3 Å². The van der Waals surface area contributed by atoms with Crippen molar-refractivity contribution < 1.29 is 4.74 Å². The zero-order valence-corrected chi connectivity index (χ0v) is 12.2. The second kappa shape index (κ2) is 5.53. The van der Waals surface area contributed by atoms with E-state index in [-0.39, 0.29) is 0 Å². The molecule has 0 atom stereocenters. The number of nitrogens with zero attached hydrogens (tertiary/aromatic N) is 2. The fraction of sp³-hybridized carbons (Fsp3) is 0.471. The van der Waals surface area contributed by atoms with Gasteiger partial charge in [0.1, 0.15) is 18.2 Å². The number of aromatic nitrogens is 2. The summed E-state index contributed by atoms with van der Waals surface area (Å²) in [5, 5.41) is 3.42. The molecule has 0 spiro atoms. The maximum absolute atomic E-state index is 5.86. The molecule has 2 heterocycles. The highest BCUT2D eigenvalue weighted by Gasteiger charge is 2.31. The molecule has 1 N–H and O–H groups in total. The summed E-state index contributed by atoms with van der Waals surface area (Å²) in [6, 6.07) is 10.0. The third-order valence-electron chi connectivity index (χ3n) is 4.29. The number of benzene rings is 1. The molecule has 2 aliphatic rings. The number of para-hydroxylation sites is 1. The van der Waals surface area contributed by atoms with Crippen LogP contribution in [-0.2, 0) is 19.5 Å². The highest BCUT2D eigenvalue weighted by Crippen LogP contribution is 2.40. The first kappa shape index (κ1) is 12.9. The molecule has 1 aromatic carbocycles. The van der Waals surface area contributed by atoms with Gasteiger partial charge in [-0.15, -0.1) is 0 Å². The summed E-state index contributed by atoms with van der Waals surface area (Å²) in [6.07, 6.45) is 3.67. The molecule has 21 heavy (non-hydrogen) atoms. The predicted octanol–water partition coefficient (Wildman–Crippen LogP) is 2.49. The van der Waals surface area contributed by atoms with E-state index >= 15 is 0 Å². The quantitative estimate of drug-likeness (QED) is 0.916. The fourth-order valence-corrected chi connectivity index (χ4v) is 3.07. The van der Waals surface area contributed by atoms with E-state index in [1.54, 1.807) is 0 Å². The molecule has 1 aliphatic heterocycles. The van der Waals surface area contributed by atoms with Crippen molar-refractivity contribution in [3.05, 3.63) is 47.5 Å². The van der Waals surface area contributed by atoms with Crippen molar-refractivity contribution in [2.24, 2.45) is 0 Å². The zero-order valence-electron chi connectivity index (χ0n) is 12.2. The van der Waals surface area contributed by atoms with Crippen LogP contribution in [0.1, 0.15) is 36.0 Å². The lowest BCUT2D eigenvalue weighted by Crippen LogP contribution is -2.25. The maximum atomic E-state index is 5.86. The SMILES string of the molecule is c1ccc(OCCn2c(C3CC3)nc3c2CCNC3)cc1. The Balaban J connectivity index is 1.50. The summed E-state index contributed by atoms with van der Waals surface area (Å²) >= 11 is 0. The van der Waals surface area contributed by atoms with Crippen LogP contribution in [0.15, 0.2) is 30.3 Å². The Kier molecular flexibility index (Phi) is 3.39. The van der Waals surface area contributed by atoms with E-state index in [0.29, 0.717) is 12.5 Å². The molecular formula is C17H21N3O. The van der Waals surface area contributed by atoms with Gasteiger partial charge in [-0.3, -0.25) is 0 Å². The average molecular weight is 283 g/mol.